The molecule has 0 spiro atoms. The number of quaternary nitrogens is 1. The number of hydrogen-bond acceptors (Lipinski definition) is 1. The van der Waals surface area contributed by atoms with Crippen LogP contribution < -0.4 is 18.1 Å². The van der Waals surface area contributed by atoms with E-state index < -0.39 is 0 Å². The van der Waals surface area contributed by atoms with Crippen LogP contribution in [-0.2, 0) is 4.79 Å². The van der Waals surface area contributed by atoms with Crippen molar-refractivity contribution in [3.63, 3.8) is 0 Å². The second-order valence-corrected chi connectivity index (χ2v) is 2.91. The Balaban J connectivity index is 0. The first kappa shape index (κ1) is 11.5. The quantitative estimate of drug-likeness (QED) is 0.405. The number of nitrogens with two attached hydrogens (primary N) is 1. The van der Waals surface area contributed by atoms with Crippen molar-refractivity contribution in [1.29, 1.82) is 0 Å². The monoisotopic (exact) mass is 152 g/mol. The van der Waals surface area contributed by atoms with Crippen LogP contribution in [0.1, 0.15) is 0 Å². The molecule has 0 fully saturated rings. The van der Waals surface area contributed by atoms with Gasteiger partial charge in [0.05, 0.1) is 21.1 Å². The Kier molecular flexibility index (Phi) is 4.72. The fourth-order valence-electron chi connectivity index (χ4n) is 0.468. The maximum absolute atomic E-state index is 10.2. The maximum Gasteiger partial charge on any atom is 0.272 e. The van der Waals surface area contributed by atoms with Crippen LogP contribution in [0.3, 0.4) is 0 Å². The largest absolute Gasteiger partial charge is 1.00 e. The number of primary amides is 1. The normalized spacial score (nSPS) is 10.1. The number of carbonyl (C=O) groups excluding carboxylic acids is 1. The third-order valence-corrected chi connectivity index (χ3v) is 0.630. The number of nitrogens with zero attached hydrogens (tertiary/aromatic N) is 1. The molecule has 56 valence electrons. The summed E-state index contributed by atoms with van der Waals surface area (Å²) in [5, 5.41) is 0. The van der Waals surface area contributed by atoms with E-state index in [9.17, 15) is 4.79 Å². The summed E-state index contributed by atoms with van der Waals surface area (Å²) in [4.78, 5) is 10.2. The van der Waals surface area contributed by atoms with Crippen molar-refractivity contribution in [3.8, 4) is 0 Å². The summed E-state index contributed by atoms with van der Waals surface area (Å²) in [7, 11) is 5.76. The zero-order valence-corrected chi connectivity index (χ0v) is 6.77. The second kappa shape index (κ2) is 3.69. The minimum absolute atomic E-state index is 0. The predicted molar refractivity (Wildman–Crippen MR) is 32.1 cm³/mol. The van der Waals surface area contributed by atoms with Gasteiger partial charge in [0.2, 0.25) is 0 Å². The SMILES string of the molecule is C[N+](C)(C)CC(N)=O.[Cl-]. The van der Waals surface area contributed by atoms with E-state index in [1.165, 1.54) is 0 Å². The fraction of sp³-hybridized carbons (Fsp3) is 0.800. The average Bonchev–Trinajstić information content (AvgIpc) is 1.21. The Morgan fingerprint density at radius 1 is 1.44 bits per heavy atom. The van der Waals surface area contributed by atoms with Crippen LogP contribution in [-0.4, -0.2) is 38.1 Å². The molecule has 0 heterocycles. The van der Waals surface area contributed by atoms with Gasteiger partial charge in [-0.3, -0.25) is 4.79 Å². The summed E-state index contributed by atoms with van der Waals surface area (Å²) in [6.07, 6.45) is 0. The van der Waals surface area contributed by atoms with Gasteiger partial charge in [0, 0.05) is 0 Å². The molecule has 0 rings (SSSR count). The van der Waals surface area contributed by atoms with Gasteiger partial charge < -0.3 is 22.6 Å². The molecule has 1 amide bonds. The lowest BCUT2D eigenvalue weighted by molar-refractivity contribution is -0.862. The van der Waals surface area contributed by atoms with Gasteiger partial charge in [0.15, 0.2) is 6.54 Å². The molecule has 0 aliphatic heterocycles. The van der Waals surface area contributed by atoms with Crippen LogP contribution in [0.25, 0.3) is 0 Å². The van der Waals surface area contributed by atoms with Crippen molar-refractivity contribution in [1.82, 2.24) is 0 Å². The predicted octanol–water partition coefficient (Wildman–Crippen LogP) is -3.82. The fourth-order valence-corrected chi connectivity index (χ4v) is 0.468. The van der Waals surface area contributed by atoms with Crippen molar-refractivity contribution in [2.75, 3.05) is 27.7 Å². The zero-order valence-electron chi connectivity index (χ0n) is 6.02. The molecule has 0 atom stereocenters. The van der Waals surface area contributed by atoms with Gasteiger partial charge in [-0.1, -0.05) is 0 Å². The number of likely N-dealkylation sites (N-methyl/N-ethyl adjacent to an activating group) is 1. The standard InChI is InChI=1S/C5H12N2O.ClH/c1-7(2,3)4-5(6)8;/h4H2,1-3H3,(H-,6,8);1H. The topological polar surface area (TPSA) is 43.1 Å². The highest BCUT2D eigenvalue weighted by Gasteiger charge is 2.09. The molecule has 0 aromatic rings. The molecule has 2 N–H and O–H groups in total. The van der Waals surface area contributed by atoms with Gasteiger partial charge in [0.1, 0.15) is 0 Å². The van der Waals surface area contributed by atoms with Gasteiger partial charge in [0.25, 0.3) is 5.91 Å². The van der Waals surface area contributed by atoms with E-state index in [-0.39, 0.29) is 18.3 Å². The third-order valence-electron chi connectivity index (χ3n) is 0.630. The van der Waals surface area contributed by atoms with E-state index in [4.69, 9.17) is 5.73 Å². The molecule has 3 nitrogen and oxygen atoms in total. The summed E-state index contributed by atoms with van der Waals surface area (Å²) < 4.78 is 0.606. The minimum Gasteiger partial charge on any atom is -1.00 e. The molecule has 0 saturated carbocycles. The van der Waals surface area contributed by atoms with E-state index in [0.717, 1.165) is 0 Å². The molecule has 0 radical (unpaired) electrons. The summed E-state index contributed by atoms with van der Waals surface area (Å²) in [5.74, 6) is -0.252. The summed E-state index contributed by atoms with van der Waals surface area (Å²) >= 11 is 0. The highest BCUT2D eigenvalue weighted by Crippen LogP contribution is 1.85. The van der Waals surface area contributed by atoms with Gasteiger partial charge in [-0.25, -0.2) is 0 Å². The van der Waals surface area contributed by atoms with E-state index in [1.807, 2.05) is 21.1 Å². The highest BCUT2D eigenvalue weighted by atomic mass is 35.5. The Hall–Kier alpha value is -0.280. The molecule has 0 unspecified atom stereocenters. The Bertz CT molecular complexity index is 97.6. The van der Waals surface area contributed by atoms with Crippen molar-refractivity contribution in [3.05, 3.63) is 0 Å². The Labute approximate surface area is 61.8 Å². The highest BCUT2D eigenvalue weighted by molar-refractivity contribution is 5.74. The van der Waals surface area contributed by atoms with Crippen LogP contribution >= 0.6 is 0 Å². The third kappa shape index (κ3) is 11.3. The molecular formula is C5H13ClN2O. The van der Waals surface area contributed by atoms with E-state index in [1.54, 1.807) is 0 Å². The molecule has 0 aliphatic rings. The molecule has 0 aromatic heterocycles. The molecule has 0 bridgehead atoms. The maximum atomic E-state index is 10.2. The number of rotatable bonds is 2. The van der Waals surface area contributed by atoms with Gasteiger partial charge >= 0.3 is 0 Å². The van der Waals surface area contributed by atoms with Crippen molar-refractivity contribution in [2.45, 2.75) is 0 Å². The first-order valence-corrected chi connectivity index (χ1v) is 2.50. The minimum atomic E-state index is -0.252. The molecule has 0 saturated heterocycles. The smallest absolute Gasteiger partial charge is 0.272 e. The van der Waals surface area contributed by atoms with Crippen LogP contribution in [0.4, 0.5) is 0 Å². The van der Waals surface area contributed by atoms with Crippen molar-refractivity contribution >= 4 is 5.91 Å². The molecule has 9 heavy (non-hydrogen) atoms. The van der Waals surface area contributed by atoms with E-state index in [2.05, 4.69) is 0 Å². The van der Waals surface area contributed by atoms with Gasteiger partial charge in [-0.05, 0) is 0 Å². The van der Waals surface area contributed by atoms with E-state index >= 15 is 0 Å². The van der Waals surface area contributed by atoms with Gasteiger partial charge in [-0.2, -0.15) is 0 Å². The molecular weight excluding hydrogens is 140 g/mol. The molecule has 0 aliphatic carbocycles. The molecule has 0 aromatic carbocycles. The lowest BCUT2D eigenvalue weighted by Gasteiger charge is -2.21. The lowest BCUT2D eigenvalue weighted by atomic mass is 10.5. The van der Waals surface area contributed by atoms with Crippen LogP contribution in [0.5, 0.6) is 0 Å². The summed E-state index contributed by atoms with van der Waals surface area (Å²) in [6.45, 7) is 0.403. The zero-order chi connectivity index (χ0) is 6.78. The van der Waals surface area contributed by atoms with Crippen LogP contribution in [0.2, 0.25) is 0 Å². The summed E-state index contributed by atoms with van der Waals surface area (Å²) in [5.41, 5.74) is 4.92. The second-order valence-electron chi connectivity index (χ2n) is 2.91. The van der Waals surface area contributed by atoms with Crippen LogP contribution in [0, 0.1) is 0 Å². The van der Waals surface area contributed by atoms with Crippen LogP contribution in [0.15, 0.2) is 0 Å². The first-order chi connectivity index (χ1) is 3.42. The Morgan fingerprint density at radius 3 is 1.78 bits per heavy atom. The number of carbonyl (C=O) groups is 1. The first-order valence-electron chi connectivity index (χ1n) is 2.50. The number of amides is 1. The Morgan fingerprint density at radius 2 is 1.78 bits per heavy atom. The summed E-state index contributed by atoms with van der Waals surface area (Å²) in [6, 6.07) is 0. The lowest BCUT2D eigenvalue weighted by Crippen LogP contribution is -3.00. The van der Waals surface area contributed by atoms with Gasteiger partial charge in [-0.15, -0.1) is 0 Å². The average molecular weight is 153 g/mol. The number of halogens is 1. The van der Waals surface area contributed by atoms with Crippen molar-refractivity contribution < 1.29 is 21.7 Å². The van der Waals surface area contributed by atoms with E-state index in [0.29, 0.717) is 11.0 Å². The number of hydrogen-bond donors (Lipinski definition) is 1. The van der Waals surface area contributed by atoms with Crippen molar-refractivity contribution in [2.24, 2.45) is 5.73 Å². The molecule has 4 heteroatoms.